The zero-order valence-electron chi connectivity index (χ0n) is 7.60. The van der Waals surface area contributed by atoms with E-state index in [0.717, 1.165) is 0 Å². The fraction of sp³-hybridized carbons (Fsp3) is 0.750. The van der Waals surface area contributed by atoms with Crippen molar-refractivity contribution in [1.82, 2.24) is 5.32 Å². The average molecular weight is 170 g/mol. The number of hydrogen-bond donors (Lipinski definition) is 2. The van der Waals surface area contributed by atoms with Crippen molar-refractivity contribution >= 4 is 11.8 Å². The highest BCUT2D eigenvalue weighted by Gasteiger charge is 2.49. The van der Waals surface area contributed by atoms with Crippen molar-refractivity contribution in [2.24, 2.45) is 11.1 Å². The number of hydrogen-bond acceptors (Lipinski definition) is 2. The van der Waals surface area contributed by atoms with Gasteiger partial charge >= 0.3 is 0 Å². The van der Waals surface area contributed by atoms with Crippen LogP contribution in [0.15, 0.2) is 0 Å². The van der Waals surface area contributed by atoms with E-state index in [1.165, 1.54) is 0 Å². The van der Waals surface area contributed by atoms with Crippen LogP contribution in [0.25, 0.3) is 0 Å². The Bertz CT molecular complexity index is 247. The molecule has 12 heavy (non-hydrogen) atoms. The van der Waals surface area contributed by atoms with E-state index in [2.05, 4.69) is 5.32 Å². The number of amides is 2. The summed E-state index contributed by atoms with van der Waals surface area (Å²) in [4.78, 5) is 22.3. The summed E-state index contributed by atoms with van der Waals surface area (Å²) in [7, 11) is 0. The summed E-state index contributed by atoms with van der Waals surface area (Å²) in [6, 6.07) is 0. The molecule has 1 aliphatic heterocycles. The summed E-state index contributed by atoms with van der Waals surface area (Å²) in [5.74, 6) is -0.578. The molecule has 0 radical (unpaired) electrons. The van der Waals surface area contributed by atoms with Crippen LogP contribution in [0.1, 0.15) is 27.2 Å². The lowest BCUT2D eigenvalue weighted by Gasteiger charge is -2.20. The summed E-state index contributed by atoms with van der Waals surface area (Å²) in [6.07, 6.45) is 0.466. The van der Waals surface area contributed by atoms with Crippen LogP contribution in [-0.4, -0.2) is 17.4 Å². The van der Waals surface area contributed by atoms with Gasteiger partial charge in [-0.05, 0) is 13.3 Å². The third kappa shape index (κ3) is 1.17. The number of nitrogens with two attached hydrogens (primary N) is 1. The molecule has 1 heterocycles. The van der Waals surface area contributed by atoms with Gasteiger partial charge in [-0.2, -0.15) is 0 Å². The Labute approximate surface area is 71.5 Å². The van der Waals surface area contributed by atoms with Crippen LogP contribution in [0.4, 0.5) is 0 Å². The molecule has 0 spiro atoms. The Hall–Kier alpha value is -1.06. The second-order valence-corrected chi connectivity index (χ2v) is 4.21. The molecular weight excluding hydrogens is 156 g/mol. The quantitative estimate of drug-likeness (QED) is 0.571. The van der Waals surface area contributed by atoms with Crippen LogP contribution in [0.3, 0.4) is 0 Å². The van der Waals surface area contributed by atoms with Gasteiger partial charge in [0.15, 0.2) is 0 Å². The molecule has 4 nitrogen and oxygen atoms in total. The minimum Gasteiger partial charge on any atom is -0.368 e. The van der Waals surface area contributed by atoms with Crippen molar-refractivity contribution < 1.29 is 9.59 Å². The van der Waals surface area contributed by atoms with Crippen molar-refractivity contribution in [3.8, 4) is 0 Å². The van der Waals surface area contributed by atoms with Gasteiger partial charge in [-0.1, -0.05) is 13.8 Å². The minimum absolute atomic E-state index is 0.108. The van der Waals surface area contributed by atoms with E-state index < -0.39 is 16.9 Å². The van der Waals surface area contributed by atoms with Gasteiger partial charge in [0.1, 0.15) is 5.54 Å². The van der Waals surface area contributed by atoms with Crippen molar-refractivity contribution in [1.29, 1.82) is 0 Å². The first-order chi connectivity index (χ1) is 5.28. The molecule has 1 unspecified atom stereocenters. The first-order valence-electron chi connectivity index (χ1n) is 3.90. The van der Waals surface area contributed by atoms with Crippen LogP contribution >= 0.6 is 0 Å². The zero-order valence-corrected chi connectivity index (χ0v) is 7.60. The lowest BCUT2D eigenvalue weighted by Crippen LogP contribution is -2.49. The van der Waals surface area contributed by atoms with Gasteiger partial charge in [0, 0.05) is 5.41 Å². The van der Waals surface area contributed by atoms with E-state index in [9.17, 15) is 9.59 Å². The summed E-state index contributed by atoms with van der Waals surface area (Å²) < 4.78 is 0. The van der Waals surface area contributed by atoms with Gasteiger partial charge in [-0.15, -0.1) is 0 Å². The standard InChI is InChI=1S/C8H14N2O2/c1-7(2)4-8(3,5(9)11)10-6(7)12/h4H2,1-3H3,(H2,9,11)(H,10,12). The summed E-state index contributed by atoms with van der Waals surface area (Å²) >= 11 is 0. The Balaban J connectivity index is 2.92. The number of nitrogens with one attached hydrogen (secondary N) is 1. The van der Waals surface area contributed by atoms with Gasteiger partial charge in [0.25, 0.3) is 0 Å². The maximum atomic E-state index is 11.3. The Kier molecular flexibility index (Phi) is 1.67. The number of carbonyl (C=O) groups is 2. The highest BCUT2D eigenvalue weighted by Crippen LogP contribution is 2.34. The Morgan fingerprint density at radius 2 is 2.00 bits per heavy atom. The van der Waals surface area contributed by atoms with Gasteiger partial charge in [0.05, 0.1) is 0 Å². The van der Waals surface area contributed by atoms with Crippen molar-refractivity contribution in [3.63, 3.8) is 0 Å². The fourth-order valence-electron chi connectivity index (χ4n) is 1.58. The summed E-state index contributed by atoms with van der Waals surface area (Å²) in [6.45, 7) is 5.26. The predicted octanol–water partition coefficient (Wildman–Crippen LogP) is -0.223. The molecule has 0 aliphatic carbocycles. The second kappa shape index (κ2) is 2.21. The first kappa shape index (κ1) is 9.03. The van der Waals surface area contributed by atoms with E-state index in [4.69, 9.17) is 5.73 Å². The molecular formula is C8H14N2O2. The molecule has 1 saturated heterocycles. The van der Waals surface area contributed by atoms with Gasteiger partial charge in [-0.25, -0.2) is 0 Å². The van der Waals surface area contributed by atoms with Crippen LogP contribution in [-0.2, 0) is 9.59 Å². The van der Waals surface area contributed by atoms with Crippen LogP contribution in [0.2, 0.25) is 0 Å². The third-order valence-electron chi connectivity index (χ3n) is 2.34. The molecule has 0 aromatic heterocycles. The van der Waals surface area contributed by atoms with E-state index in [-0.39, 0.29) is 5.91 Å². The van der Waals surface area contributed by atoms with E-state index >= 15 is 0 Å². The molecule has 0 saturated carbocycles. The molecule has 1 atom stereocenters. The number of carbonyl (C=O) groups excluding carboxylic acids is 2. The van der Waals surface area contributed by atoms with Crippen LogP contribution < -0.4 is 11.1 Å². The highest BCUT2D eigenvalue weighted by atomic mass is 16.2. The Morgan fingerprint density at radius 1 is 1.50 bits per heavy atom. The van der Waals surface area contributed by atoms with Gasteiger partial charge in [0.2, 0.25) is 11.8 Å². The molecule has 1 aliphatic rings. The van der Waals surface area contributed by atoms with Gasteiger partial charge < -0.3 is 11.1 Å². The molecule has 68 valence electrons. The maximum Gasteiger partial charge on any atom is 0.242 e. The number of rotatable bonds is 1. The largest absolute Gasteiger partial charge is 0.368 e. The van der Waals surface area contributed by atoms with Crippen LogP contribution in [0.5, 0.6) is 0 Å². The molecule has 1 rings (SSSR count). The summed E-state index contributed by atoms with van der Waals surface area (Å²) in [5.41, 5.74) is 3.82. The average Bonchev–Trinajstić information content (AvgIpc) is 2.03. The maximum absolute atomic E-state index is 11.3. The third-order valence-corrected chi connectivity index (χ3v) is 2.34. The molecule has 4 heteroatoms. The van der Waals surface area contributed by atoms with E-state index in [1.54, 1.807) is 20.8 Å². The fourth-order valence-corrected chi connectivity index (χ4v) is 1.58. The number of primary amides is 1. The topological polar surface area (TPSA) is 72.2 Å². The lowest BCUT2D eigenvalue weighted by atomic mass is 9.84. The summed E-state index contributed by atoms with van der Waals surface area (Å²) in [5, 5.41) is 2.61. The molecule has 2 amide bonds. The smallest absolute Gasteiger partial charge is 0.242 e. The zero-order chi connectivity index (χ0) is 9.57. The molecule has 1 fully saturated rings. The highest BCUT2D eigenvalue weighted by molar-refractivity contribution is 5.96. The van der Waals surface area contributed by atoms with Crippen molar-refractivity contribution in [2.45, 2.75) is 32.7 Å². The molecule has 0 bridgehead atoms. The lowest BCUT2D eigenvalue weighted by molar-refractivity contribution is -0.128. The monoisotopic (exact) mass is 170 g/mol. The normalized spacial score (nSPS) is 33.1. The van der Waals surface area contributed by atoms with Crippen LogP contribution in [0, 0.1) is 5.41 Å². The van der Waals surface area contributed by atoms with Gasteiger partial charge in [-0.3, -0.25) is 9.59 Å². The van der Waals surface area contributed by atoms with E-state index in [1.807, 2.05) is 0 Å². The minimum atomic E-state index is -0.861. The molecule has 0 aromatic rings. The van der Waals surface area contributed by atoms with Crippen molar-refractivity contribution in [2.75, 3.05) is 0 Å². The SMILES string of the molecule is CC1(C)CC(C)(C(N)=O)NC1=O. The molecule has 0 aromatic carbocycles. The predicted molar refractivity (Wildman–Crippen MR) is 44.1 cm³/mol. The van der Waals surface area contributed by atoms with E-state index in [0.29, 0.717) is 6.42 Å². The molecule has 3 N–H and O–H groups in total. The Morgan fingerprint density at radius 3 is 2.17 bits per heavy atom. The second-order valence-electron chi connectivity index (χ2n) is 4.21. The first-order valence-corrected chi connectivity index (χ1v) is 3.90. The van der Waals surface area contributed by atoms with Crippen molar-refractivity contribution in [3.05, 3.63) is 0 Å².